The minimum atomic E-state index is 0.252. The molecule has 7 aromatic rings. The lowest BCUT2D eigenvalue weighted by Gasteiger charge is -2.18. The van der Waals surface area contributed by atoms with Crippen LogP contribution in [0.3, 0.4) is 0 Å². The van der Waals surface area contributed by atoms with E-state index in [-0.39, 0.29) is 5.92 Å². The zero-order valence-corrected chi connectivity index (χ0v) is 22.4. The maximum atomic E-state index is 6.03. The van der Waals surface area contributed by atoms with Crippen LogP contribution < -0.4 is 0 Å². The molecule has 0 amide bonds. The molecule has 1 aliphatic carbocycles. The van der Waals surface area contributed by atoms with Crippen molar-refractivity contribution in [2.45, 2.75) is 12.3 Å². The Morgan fingerprint density at radius 3 is 2.33 bits per heavy atom. The first-order chi connectivity index (χ1) is 19.8. The van der Waals surface area contributed by atoms with E-state index in [0.717, 1.165) is 39.2 Å². The lowest BCUT2D eigenvalue weighted by molar-refractivity contribution is 0.584. The topological polar surface area (TPSA) is 38.9 Å². The van der Waals surface area contributed by atoms with E-state index in [1.807, 2.05) is 24.3 Å². The molecule has 3 nitrogen and oxygen atoms in total. The van der Waals surface area contributed by atoms with Crippen LogP contribution in [0.5, 0.6) is 0 Å². The molecule has 0 saturated carbocycles. The summed E-state index contributed by atoms with van der Waals surface area (Å²) >= 11 is 1.75. The number of rotatable bonds is 4. The van der Waals surface area contributed by atoms with Crippen LogP contribution in [0, 0.1) is 0 Å². The first-order valence-electron chi connectivity index (χ1n) is 13.5. The van der Waals surface area contributed by atoms with Gasteiger partial charge >= 0.3 is 0 Å². The van der Waals surface area contributed by atoms with Crippen molar-refractivity contribution >= 4 is 49.0 Å². The number of oxazole rings is 1. The monoisotopic (exact) mass is 532 g/mol. The van der Waals surface area contributed by atoms with Gasteiger partial charge in [0.15, 0.2) is 5.58 Å². The third-order valence-corrected chi connectivity index (χ3v) is 8.73. The van der Waals surface area contributed by atoms with Crippen molar-refractivity contribution in [2.75, 3.05) is 0 Å². The van der Waals surface area contributed by atoms with Crippen LogP contribution in [0.15, 0.2) is 132 Å². The second kappa shape index (κ2) is 9.44. The fraction of sp³-hybridized carbons (Fsp3) is 0.0556. The highest BCUT2D eigenvalue weighted by molar-refractivity contribution is 7.21. The minimum Gasteiger partial charge on any atom is -0.436 e. The molecule has 0 radical (unpaired) electrons. The molecule has 0 fully saturated rings. The molecule has 0 spiro atoms. The number of allylic oxidation sites excluding steroid dienone is 4. The molecule has 1 unspecified atom stereocenters. The lowest BCUT2D eigenvalue weighted by Crippen LogP contribution is -2.00. The number of thiazole rings is 1. The van der Waals surface area contributed by atoms with E-state index in [0.29, 0.717) is 5.89 Å². The summed E-state index contributed by atoms with van der Waals surface area (Å²) in [6.45, 7) is 0. The molecule has 8 rings (SSSR count). The van der Waals surface area contributed by atoms with Gasteiger partial charge in [0.1, 0.15) is 10.5 Å². The number of hydrogen-bond donors (Lipinski definition) is 0. The molecule has 190 valence electrons. The summed E-state index contributed by atoms with van der Waals surface area (Å²) in [5, 5.41) is 3.55. The zero-order valence-electron chi connectivity index (χ0n) is 21.6. The second-order valence-corrected chi connectivity index (χ2v) is 11.3. The minimum absolute atomic E-state index is 0.252. The van der Waals surface area contributed by atoms with Crippen LogP contribution >= 0.6 is 11.3 Å². The van der Waals surface area contributed by atoms with Gasteiger partial charge in [-0.05, 0) is 76.3 Å². The van der Waals surface area contributed by atoms with Crippen molar-refractivity contribution in [1.82, 2.24) is 9.97 Å². The Morgan fingerprint density at radius 1 is 0.675 bits per heavy atom. The van der Waals surface area contributed by atoms with Gasteiger partial charge in [-0.15, -0.1) is 11.3 Å². The SMILES string of the molecule is C1=CC(c2cc(-c3ccc4ccccc4c3)cc(-c3nc4ccccc4s3)c2)CC=C1c1nc2ccccc2o1. The van der Waals surface area contributed by atoms with Crippen molar-refractivity contribution in [3.63, 3.8) is 0 Å². The highest BCUT2D eigenvalue weighted by Crippen LogP contribution is 2.38. The fourth-order valence-corrected chi connectivity index (χ4v) is 6.50. The van der Waals surface area contributed by atoms with Crippen molar-refractivity contribution in [1.29, 1.82) is 0 Å². The first-order valence-corrected chi connectivity index (χ1v) is 14.3. The van der Waals surface area contributed by atoms with E-state index in [4.69, 9.17) is 14.4 Å². The van der Waals surface area contributed by atoms with E-state index in [1.54, 1.807) is 11.3 Å². The number of nitrogens with zero attached hydrogens (tertiary/aromatic N) is 2. The fourth-order valence-electron chi connectivity index (χ4n) is 5.54. The van der Waals surface area contributed by atoms with Crippen molar-refractivity contribution in [2.24, 2.45) is 0 Å². The van der Waals surface area contributed by atoms with E-state index in [1.165, 1.54) is 32.2 Å². The van der Waals surface area contributed by atoms with E-state index in [9.17, 15) is 0 Å². The van der Waals surface area contributed by atoms with Crippen LogP contribution in [-0.4, -0.2) is 9.97 Å². The van der Waals surface area contributed by atoms with Crippen LogP contribution in [0.2, 0.25) is 0 Å². The molecule has 0 N–H and O–H groups in total. The molecule has 0 bridgehead atoms. The van der Waals surface area contributed by atoms with Gasteiger partial charge in [0.2, 0.25) is 5.89 Å². The standard InChI is InChI=1S/C36H24N2OS/c1-2-8-26-19-27(18-15-23(26)7-1)29-20-28(21-30(22-29)36-38-32-10-4-6-12-34(32)40-36)24-13-16-25(17-14-24)35-37-31-9-3-5-11-33(31)39-35/h1-13,15-22,24H,14H2. The number of para-hydroxylation sites is 3. The Kier molecular flexibility index (Phi) is 5.45. The van der Waals surface area contributed by atoms with Gasteiger partial charge in [0.05, 0.1) is 10.2 Å². The molecule has 0 saturated heterocycles. The molecule has 2 aromatic heterocycles. The summed E-state index contributed by atoms with van der Waals surface area (Å²) in [5.74, 6) is 0.928. The third-order valence-electron chi connectivity index (χ3n) is 7.65. The molecule has 2 heterocycles. The molecular formula is C36H24N2OS. The molecule has 0 aliphatic heterocycles. The highest BCUT2D eigenvalue weighted by atomic mass is 32.1. The van der Waals surface area contributed by atoms with Gasteiger partial charge in [0, 0.05) is 17.1 Å². The average Bonchev–Trinajstić information content (AvgIpc) is 3.66. The van der Waals surface area contributed by atoms with Gasteiger partial charge in [-0.25, -0.2) is 9.97 Å². The van der Waals surface area contributed by atoms with Crippen LogP contribution in [0.25, 0.3) is 59.4 Å². The van der Waals surface area contributed by atoms with Crippen molar-refractivity contribution < 1.29 is 4.42 Å². The van der Waals surface area contributed by atoms with Gasteiger partial charge in [-0.3, -0.25) is 0 Å². The summed E-state index contributed by atoms with van der Waals surface area (Å²) in [5.41, 5.74) is 8.64. The molecular weight excluding hydrogens is 508 g/mol. The Bertz CT molecular complexity index is 2050. The van der Waals surface area contributed by atoms with Crippen LogP contribution in [0.4, 0.5) is 0 Å². The highest BCUT2D eigenvalue weighted by Gasteiger charge is 2.18. The normalized spacial score (nSPS) is 15.2. The van der Waals surface area contributed by atoms with Gasteiger partial charge < -0.3 is 4.42 Å². The molecule has 1 aliphatic rings. The predicted octanol–water partition coefficient (Wildman–Crippen LogP) is 10.1. The number of fused-ring (bicyclic) bond motifs is 3. The summed E-state index contributed by atoms with van der Waals surface area (Å²) in [7, 11) is 0. The second-order valence-electron chi connectivity index (χ2n) is 10.2. The summed E-state index contributed by atoms with van der Waals surface area (Å²) < 4.78 is 7.24. The summed E-state index contributed by atoms with van der Waals surface area (Å²) in [6.07, 6.45) is 7.56. The van der Waals surface area contributed by atoms with Crippen LogP contribution in [0.1, 0.15) is 23.8 Å². The number of benzene rings is 5. The largest absolute Gasteiger partial charge is 0.436 e. The Hall–Kier alpha value is -4.80. The average molecular weight is 533 g/mol. The first kappa shape index (κ1) is 23.1. The van der Waals surface area contributed by atoms with E-state index < -0.39 is 0 Å². The third kappa shape index (κ3) is 4.14. The van der Waals surface area contributed by atoms with Gasteiger partial charge in [-0.1, -0.05) is 85.0 Å². The summed E-state index contributed by atoms with van der Waals surface area (Å²) in [6, 6.07) is 38.5. The van der Waals surface area contributed by atoms with Crippen LogP contribution in [-0.2, 0) is 0 Å². The molecule has 40 heavy (non-hydrogen) atoms. The molecule has 4 heteroatoms. The van der Waals surface area contributed by atoms with E-state index in [2.05, 4.69) is 103 Å². The van der Waals surface area contributed by atoms with Crippen molar-refractivity contribution in [3.8, 4) is 21.7 Å². The molecule has 1 atom stereocenters. The van der Waals surface area contributed by atoms with Gasteiger partial charge in [0.25, 0.3) is 0 Å². The maximum absolute atomic E-state index is 6.03. The lowest BCUT2D eigenvalue weighted by atomic mass is 9.87. The summed E-state index contributed by atoms with van der Waals surface area (Å²) in [4.78, 5) is 9.69. The Balaban J connectivity index is 1.20. The van der Waals surface area contributed by atoms with E-state index >= 15 is 0 Å². The smallest absolute Gasteiger partial charge is 0.226 e. The maximum Gasteiger partial charge on any atom is 0.226 e. The van der Waals surface area contributed by atoms with Gasteiger partial charge in [-0.2, -0.15) is 0 Å². The predicted molar refractivity (Wildman–Crippen MR) is 166 cm³/mol. The Labute approximate surface area is 235 Å². The molecule has 5 aromatic carbocycles. The quantitative estimate of drug-likeness (QED) is 0.226. The zero-order chi connectivity index (χ0) is 26.5. The Morgan fingerprint density at radius 2 is 1.48 bits per heavy atom. The van der Waals surface area contributed by atoms with Crippen molar-refractivity contribution in [3.05, 3.63) is 139 Å². The number of hydrogen-bond acceptors (Lipinski definition) is 4. The number of aromatic nitrogens is 2.